The van der Waals surface area contributed by atoms with Crippen LogP contribution in [0.2, 0.25) is 0 Å². The van der Waals surface area contributed by atoms with Crippen molar-refractivity contribution in [3.8, 4) is 5.82 Å². The van der Waals surface area contributed by atoms with Crippen molar-refractivity contribution in [1.29, 1.82) is 0 Å². The fraction of sp³-hybridized carbons (Fsp3) is 0.143. The van der Waals surface area contributed by atoms with Gasteiger partial charge >= 0.3 is 0 Å². The van der Waals surface area contributed by atoms with Crippen molar-refractivity contribution in [2.75, 3.05) is 11.5 Å². The highest BCUT2D eigenvalue weighted by Crippen LogP contribution is 2.22. The molecule has 0 fully saturated rings. The first-order valence-electron chi connectivity index (χ1n) is 6.03. The Hall–Kier alpha value is -2.56. The number of hydrogen-bond donors (Lipinski definition) is 2. The molecule has 96 valence electrons. The number of nitrogen functional groups attached to an aromatic ring is 2. The van der Waals surface area contributed by atoms with Gasteiger partial charge in [-0.25, -0.2) is 9.97 Å². The van der Waals surface area contributed by atoms with Gasteiger partial charge in [-0.05, 0) is 49.2 Å². The minimum Gasteiger partial charge on any atom is -0.396 e. The molecule has 0 aliphatic rings. The van der Waals surface area contributed by atoms with E-state index in [1.54, 1.807) is 12.4 Å². The highest BCUT2D eigenvalue weighted by atomic mass is 15.1. The molecule has 0 radical (unpaired) electrons. The number of nitrogens with two attached hydrogens (primary N) is 2. The molecule has 3 aromatic rings. The maximum atomic E-state index is 5.75. The van der Waals surface area contributed by atoms with E-state index in [0.717, 1.165) is 16.9 Å². The van der Waals surface area contributed by atoms with Crippen LogP contribution in [0.25, 0.3) is 16.9 Å². The number of hydrogen-bond acceptors (Lipinski definition) is 4. The van der Waals surface area contributed by atoms with Crippen LogP contribution < -0.4 is 11.5 Å². The van der Waals surface area contributed by atoms with Crippen LogP contribution in [0, 0.1) is 13.8 Å². The molecule has 0 saturated heterocycles. The van der Waals surface area contributed by atoms with Gasteiger partial charge in [-0.3, -0.25) is 4.57 Å². The number of imidazole rings is 1. The molecular formula is C14H15N5. The normalized spacial score (nSPS) is 11.1. The Morgan fingerprint density at radius 1 is 1.05 bits per heavy atom. The predicted octanol–water partition coefficient (Wildman–Crippen LogP) is 2.20. The van der Waals surface area contributed by atoms with E-state index in [0.29, 0.717) is 11.5 Å². The maximum absolute atomic E-state index is 5.75. The van der Waals surface area contributed by atoms with Gasteiger partial charge in [0.25, 0.3) is 0 Å². The molecule has 3 rings (SSSR count). The lowest BCUT2D eigenvalue weighted by Gasteiger charge is -2.07. The molecule has 2 heterocycles. The minimum absolute atomic E-state index is 0.336. The smallest absolute Gasteiger partial charge is 0.149 e. The monoisotopic (exact) mass is 253 g/mol. The van der Waals surface area contributed by atoms with E-state index in [-0.39, 0.29) is 0 Å². The molecule has 0 amide bonds. The van der Waals surface area contributed by atoms with Crippen molar-refractivity contribution in [2.45, 2.75) is 13.8 Å². The van der Waals surface area contributed by atoms with Crippen LogP contribution in [0.4, 0.5) is 11.5 Å². The Labute approximate surface area is 110 Å². The van der Waals surface area contributed by atoms with Crippen molar-refractivity contribution in [2.24, 2.45) is 0 Å². The molecule has 1 aromatic carbocycles. The van der Waals surface area contributed by atoms with Gasteiger partial charge in [0.1, 0.15) is 18.0 Å². The summed E-state index contributed by atoms with van der Waals surface area (Å²) in [5.41, 5.74) is 16.3. The van der Waals surface area contributed by atoms with Gasteiger partial charge in [-0.15, -0.1) is 0 Å². The Kier molecular flexibility index (Phi) is 2.41. The average Bonchev–Trinajstić information content (AvgIpc) is 2.76. The third-order valence-electron chi connectivity index (χ3n) is 3.35. The fourth-order valence-corrected chi connectivity index (χ4v) is 2.06. The van der Waals surface area contributed by atoms with Crippen molar-refractivity contribution >= 4 is 22.5 Å². The Morgan fingerprint density at radius 2 is 1.79 bits per heavy atom. The topological polar surface area (TPSA) is 82.8 Å². The predicted molar refractivity (Wildman–Crippen MR) is 77.2 cm³/mol. The van der Waals surface area contributed by atoms with Crippen LogP contribution in [0.5, 0.6) is 0 Å². The Bertz CT molecular complexity index is 773. The molecule has 0 aliphatic heterocycles. The Morgan fingerprint density at radius 3 is 2.53 bits per heavy atom. The summed E-state index contributed by atoms with van der Waals surface area (Å²) in [5, 5.41) is 0. The second-order valence-corrected chi connectivity index (χ2v) is 4.68. The number of benzene rings is 1. The highest BCUT2D eigenvalue weighted by molar-refractivity contribution is 5.79. The summed E-state index contributed by atoms with van der Waals surface area (Å²) in [4.78, 5) is 8.69. The number of rotatable bonds is 1. The second-order valence-electron chi connectivity index (χ2n) is 4.68. The number of aromatic nitrogens is 3. The van der Waals surface area contributed by atoms with E-state index in [1.807, 2.05) is 10.6 Å². The SMILES string of the molecule is Cc1cc2ncn(-c3ccc(N)c(N)n3)c2cc1C. The first kappa shape index (κ1) is 11.5. The summed E-state index contributed by atoms with van der Waals surface area (Å²) in [6.45, 7) is 4.16. The van der Waals surface area contributed by atoms with Crippen LogP contribution in [0.1, 0.15) is 11.1 Å². The molecule has 0 spiro atoms. The molecular weight excluding hydrogens is 238 g/mol. The molecule has 19 heavy (non-hydrogen) atoms. The molecule has 2 aromatic heterocycles. The van der Waals surface area contributed by atoms with Crippen LogP contribution in [0.3, 0.4) is 0 Å². The molecule has 0 aliphatic carbocycles. The number of nitrogens with zero attached hydrogens (tertiary/aromatic N) is 3. The van der Waals surface area contributed by atoms with Crippen LogP contribution in [0.15, 0.2) is 30.6 Å². The number of anilines is 2. The van der Waals surface area contributed by atoms with E-state index in [9.17, 15) is 0 Å². The quantitative estimate of drug-likeness (QED) is 0.696. The summed E-state index contributed by atoms with van der Waals surface area (Å²) in [5.74, 6) is 1.06. The van der Waals surface area contributed by atoms with Crippen LogP contribution in [-0.2, 0) is 0 Å². The molecule has 0 unspecified atom stereocenters. The molecule has 5 nitrogen and oxygen atoms in total. The standard InChI is InChI=1S/C14H15N5/c1-8-5-11-12(6-9(8)2)19(7-17-11)13-4-3-10(15)14(16)18-13/h3-7H,15H2,1-2H3,(H2,16,18). The van der Waals surface area contributed by atoms with E-state index >= 15 is 0 Å². The van der Waals surface area contributed by atoms with Crippen molar-refractivity contribution < 1.29 is 0 Å². The van der Waals surface area contributed by atoms with Gasteiger partial charge in [0.05, 0.1) is 16.7 Å². The zero-order valence-corrected chi connectivity index (χ0v) is 10.9. The van der Waals surface area contributed by atoms with E-state index in [4.69, 9.17) is 11.5 Å². The van der Waals surface area contributed by atoms with Gasteiger partial charge in [-0.1, -0.05) is 0 Å². The summed E-state index contributed by atoms with van der Waals surface area (Å²) in [7, 11) is 0. The second kappa shape index (κ2) is 3.98. The lowest BCUT2D eigenvalue weighted by molar-refractivity contribution is 1.03. The number of pyridine rings is 1. The first-order chi connectivity index (χ1) is 9.06. The van der Waals surface area contributed by atoms with Gasteiger partial charge in [-0.2, -0.15) is 0 Å². The van der Waals surface area contributed by atoms with E-state index in [2.05, 4.69) is 35.9 Å². The first-order valence-corrected chi connectivity index (χ1v) is 6.03. The summed E-state index contributed by atoms with van der Waals surface area (Å²) in [6, 6.07) is 7.76. The number of fused-ring (bicyclic) bond motifs is 1. The summed E-state index contributed by atoms with van der Waals surface area (Å²) < 4.78 is 1.91. The lowest BCUT2D eigenvalue weighted by atomic mass is 10.1. The van der Waals surface area contributed by atoms with Gasteiger partial charge in [0.15, 0.2) is 0 Å². The van der Waals surface area contributed by atoms with Gasteiger partial charge in [0, 0.05) is 0 Å². The number of aryl methyl sites for hydroxylation is 2. The largest absolute Gasteiger partial charge is 0.396 e. The average molecular weight is 253 g/mol. The zero-order chi connectivity index (χ0) is 13.6. The van der Waals surface area contributed by atoms with Crippen molar-refractivity contribution in [1.82, 2.24) is 14.5 Å². The Balaban J connectivity index is 2.25. The molecule has 0 bridgehead atoms. The van der Waals surface area contributed by atoms with Crippen LogP contribution in [-0.4, -0.2) is 14.5 Å². The minimum atomic E-state index is 0.336. The van der Waals surface area contributed by atoms with Crippen LogP contribution >= 0.6 is 0 Å². The fourth-order valence-electron chi connectivity index (χ4n) is 2.06. The van der Waals surface area contributed by atoms with E-state index in [1.165, 1.54) is 11.1 Å². The third kappa shape index (κ3) is 1.79. The van der Waals surface area contributed by atoms with E-state index < -0.39 is 0 Å². The van der Waals surface area contributed by atoms with Gasteiger partial charge in [0.2, 0.25) is 0 Å². The lowest BCUT2D eigenvalue weighted by Crippen LogP contribution is -2.02. The zero-order valence-electron chi connectivity index (χ0n) is 10.9. The summed E-state index contributed by atoms with van der Waals surface area (Å²) in [6.07, 6.45) is 1.75. The van der Waals surface area contributed by atoms with Crippen molar-refractivity contribution in [3.63, 3.8) is 0 Å². The molecule has 0 atom stereocenters. The molecule has 4 N–H and O–H groups in total. The summed E-state index contributed by atoms with van der Waals surface area (Å²) >= 11 is 0. The highest BCUT2D eigenvalue weighted by Gasteiger charge is 2.08. The van der Waals surface area contributed by atoms with Gasteiger partial charge < -0.3 is 11.5 Å². The molecule has 0 saturated carbocycles. The maximum Gasteiger partial charge on any atom is 0.149 e. The van der Waals surface area contributed by atoms with Crippen molar-refractivity contribution in [3.05, 3.63) is 41.7 Å². The molecule has 5 heteroatoms. The third-order valence-corrected chi connectivity index (χ3v) is 3.35.